The van der Waals surface area contributed by atoms with Gasteiger partial charge in [-0.05, 0) is 69.4 Å². The van der Waals surface area contributed by atoms with E-state index < -0.39 is 6.04 Å². The summed E-state index contributed by atoms with van der Waals surface area (Å²) in [6, 6.07) is 7.43. The lowest BCUT2D eigenvalue weighted by Gasteiger charge is -2.32. The number of rotatable bonds is 8. The topological polar surface area (TPSA) is 121 Å². The van der Waals surface area contributed by atoms with Gasteiger partial charge in [0, 0.05) is 42.5 Å². The third-order valence-corrected chi connectivity index (χ3v) is 7.59. The first-order chi connectivity index (χ1) is 16.3. The molecule has 3 heterocycles. The summed E-state index contributed by atoms with van der Waals surface area (Å²) >= 11 is 0. The fourth-order valence-electron chi connectivity index (χ4n) is 5.67. The summed E-state index contributed by atoms with van der Waals surface area (Å²) in [5, 5.41) is 8.89. The number of aromatic nitrogens is 1. The average Bonchev–Trinajstić information content (AvgIpc) is 3.58. The van der Waals surface area contributed by atoms with Crippen molar-refractivity contribution in [2.24, 2.45) is 11.5 Å². The fourth-order valence-corrected chi connectivity index (χ4v) is 5.67. The number of benzene rings is 1. The molecule has 0 bridgehead atoms. The number of amides is 2. The van der Waals surface area contributed by atoms with Crippen LogP contribution < -0.4 is 11.5 Å². The van der Waals surface area contributed by atoms with Crippen molar-refractivity contribution in [1.82, 2.24) is 14.4 Å². The predicted octanol–water partition coefficient (Wildman–Crippen LogP) is 2.60. The van der Waals surface area contributed by atoms with Crippen LogP contribution in [0.2, 0.25) is 0 Å². The first-order valence-electron chi connectivity index (χ1n) is 12.7. The standard InChI is InChI=1S/C26H38N6O2/c1-3-21(27)25(33)32-14-6-8-22(32)26(34)31-13-5-7-19(31)11-12-20-15-17-9-10-18(24(28)29)16-23(17)30(20)4-2/h9-10,15-16,19,21-22H,3-8,11-14,27H2,1-2H3,(H3,28,29)/t19?,21-,22+/m1/s1. The molecule has 8 heteroatoms. The van der Waals surface area contributed by atoms with Gasteiger partial charge in [0.15, 0.2) is 0 Å². The number of likely N-dealkylation sites (tertiary alicyclic amines) is 2. The molecule has 3 atom stereocenters. The van der Waals surface area contributed by atoms with Crippen molar-refractivity contribution in [2.75, 3.05) is 13.1 Å². The van der Waals surface area contributed by atoms with E-state index in [2.05, 4.69) is 17.6 Å². The molecule has 0 aliphatic carbocycles. The first-order valence-corrected chi connectivity index (χ1v) is 12.7. The Morgan fingerprint density at radius 2 is 1.85 bits per heavy atom. The second kappa shape index (κ2) is 10.2. The van der Waals surface area contributed by atoms with Gasteiger partial charge in [-0.1, -0.05) is 19.1 Å². The minimum absolute atomic E-state index is 0.0757. The maximum absolute atomic E-state index is 13.5. The Morgan fingerprint density at radius 1 is 1.12 bits per heavy atom. The van der Waals surface area contributed by atoms with E-state index in [1.165, 1.54) is 5.69 Å². The SMILES string of the molecule is CC[C@@H](N)C(=O)N1CCC[C@H]1C(=O)N1CCCC1CCc1cc2ccc(C(=N)N)cc2n1CC. The van der Waals surface area contributed by atoms with E-state index in [0.717, 1.165) is 68.1 Å². The Balaban J connectivity index is 1.47. The van der Waals surface area contributed by atoms with E-state index in [1.54, 1.807) is 4.90 Å². The minimum Gasteiger partial charge on any atom is -0.384 e. The highest BCUT2D eigenvalue weighted by molar-refractivity contribution is 5.98. The monoisotopic (exact) mass is 466 g/mol. The molecule has 1 aromatic heterocycles. The molecule has 2 amide bonds. The van der Waals surface area contributed by atoms with Gasteiger partial charge in [0.25, 0.3) is 0 Å². The summed E-state index contributed by atoms with van der Waals surface area (Å²) in [6.07, 6.45) is 5.95. The summed E-state index contributed by atoms with van der Waals surface area (Å²) in [7, 11) is 0. The molecule has 5 N–H and O–H groups in total. The highest BCUT2D eigenvalue weighted by atomic mass is 16.2. The molecule has 4 rings (SSSR count). The van der Waals surface area contributed by atoms with Crippen molar-refractivity contribution in [3.05, 3.63) is 35.5 Å². The zero-order valence-electron chi connectivity index (χ0n) is 20.4. The van der Waals surface area contributed by atoms with Gasteiger partial charge in [-0.25, -0.2) is 0 Å². The normalized spacial score (nSPS) is 21.4. The lowest BCUT2D eigenvalue weighted by atomic mass is 10.1. The van der Waals surface area contributed by atoms with Crippen molar-refractivity contribution in [3.63, 3.8) is 0 Å². The second-order valence-electron chi connectivity index (χ2n) is 9.64. The van der Waals surface area contributed by atoms with E-state index in [-0.39, 0.29) is 29.7 Å². The first kappa shape index (κ1) is 24.3. The minimum atomic E-state index is -0.526. The van der Waals surface area contributed by atoms with E-state index in [9.17, 15) is 9.59 Å². The van der Waals surface area contributed by atoms with Crippen LogP contribution in [-0.2, 0) is 22.6 Å². The number of carbonyl (C=O) groups is 2. The Labute approximate surface area is 201 Å². The summed E-state index contributed by atoms with van der Waals surface area (Å²) in [5.41, 5.74) is 14.8. The maximum Gasteiger partial charge on any atom is 0.245 e. The molecular formula is C26H38N6O2. The van der Waals surface area contributed by atoms with Crippen LogP contribution in [0.25, 0.3) is 10.9 Å². The molecule has 2 fully saturated rings. The Kier molecular flexibility index (Phi) is 7.26. The second-order valence-corrected chi connectivity index (χ2v) is 9.64. The molecule has 8 nitrogen and oxygen atoms in total. The number of hydrogen-bond donors (Lipinski definition) is 3. The van der Waals surface area contributed by atoms with E-state index >= 15 is 0 Å². The van der Waals surface area contributed by atoms with Gasteiger partial charge in [0.2, 0.25) is 11.8 Å². The van der Waals surface area contributed by atoms with Gasteiger partial charge >= 0.3 is 0 Å². The third-order valence-electron chi connectivity index (χ3n) is 7.59. The van der Waals surface area contributed by atoms with Crippen molar-refractivity contribution in [1.29, 1.82) is 5.41 Å². The fraction of sp³-hybridized carbons (Fsp3) is 0.577. The highest BCUT2D eigenvalue weighted by Crippen LogP contribution is 2.29. The van der Waals surface area contributed by atoms with Crippen LogP contribution in [0.5, 0.6) is 0 Å². The van der Waals surface area contributed by atoms with Crippen molar-refractivity contribution < 1.29 is 9.59 Å². The molecule has 0 spiro atoms. The molecule has 1 aromatic carbocycles. The van der Waals surface area contributed by atoms with Crippen LogP contribution in [0.3, 0.4) is 0 Å². The van der Waals surface area contributed by atoms with Crippen LogP contribution in [0.4, 0.5) is 0 Å². The van der Waals surface area contributed by atoms with Gasteiger partial charge in [-0.3, -0.25) is 15.0 Å². The smallest absolute Gasteiger partial charge is 0.245 e. The molecule has 184 valence electrons. The Bertz CT molecular complexity index is 1080. The molecule has 2 aliphatic rings. The molecule has 34 heavy (non-hydrogen) atoms. The number of carbonyl (C=O) groups excluding carboxylic acids is 2. The molecule has 0 radical (unpaired) electrons. The maximum atomic E-state index is 13.5. The number of nitrogens with one attached hydrogen (secondary N) is 1. The van der Waals surface area contributed by atoms with Crippen LogP contribution in [0, 0.1) is 5.41 Å². The average molecular weight is 467 g/mol. The van der Waals surface area contributed by atoms with Gasteiger partial charge in [0.1, 0.15) is 11.9 Å². The third kappa shape index (κ3) is 4.56. The molecule has 2 aliphatic heterocycles. The van der Waals surface area contributed by atoms with Crippen molar-refractivity contribution in [3.8, 4) is 0 Å². The van der Waals surface area contributed by atoms with Crippen LogP contribution in [0.15, 0.2) is 24.3 Å². The van der Waals surface area contributed by atoms with E-state index in [4.69, 9.17) is 16.9 Å². The van der Waals surface area contributed by atoms with Crippen LogP contribution in [0.1, 0.15) is 63.6 Å². The summed E-state index contributed by atoms with van der Waals surface area (Å²) in [4.78, 5) is 30.0. The van der Waals surface area contributed by atoms with Gasteiger partial charge in [-0.15, -0.1) is 0 Å². The lowest BCUT2D eigenvalue weighted by Crippen LogP contribution is -2.52. The van der Waals surface area contributed by atoms with Crippen LogP contribution >= 0.6 is 0 Å². The predicted molar refractivity (Wildman–Crippen MR) is 135 cm³/mol. The Hall–Kier alpha value is -2.87. The molecule has 2 saturated heterocycles. The number of fused-ring (bicyclic) bond motifs is 1. The van der Waals surface area contributed by atoms with Gasteiger partial charge in [0.05, 0.1) is 6.04 Å². The largest absolute Gasteiger partial charge is 0.384 e. The summed E-state index contributed by atoms with van der Waals surface area (Å²) in [6.45, 7) is 6.26. The number of nitrogens with two attached hydrogens (primary N) is 2. The molecular weight excluding hydrogens is 428 g/mol. The molecule has 0 saturated carbocycles. The summed E-state index contributed by atoms with van der Waals surface area (Å²) < 4.78 is 2.28. The van der Waals surface area contributed by atoms with E-state index in [0.29, 0.717) is 13.0 Å². The number of hydrogen-bond acceptors (Lipinski definition) is 4. The zero-order valence-corrected chi connectivity index (χ0v) is 20.4. The highest BCUT2D eigenvalue weighted by Gasteiger charge is 2.40. The number of nitrogen functional groups attached to an aromatic ring is 1. The van der Waals surface area contributed by atoms with Crippen molar-refractivity contribution >= 4 is 28.6 Å². The van der Waals surface area contributed by atoms with Crippen molar-refractivity contribution in [2.45, 2.75) is 83.5 Å². The number of nitrogens with zero attached hydrogens (tertiary/aromatic N) is 3. The van der Waals surface area contributed by atoms with Gasteiger partial charge < -0.3 is 25.8 Å². The zero-order chi connectivity index (χ0) is 24.4. The molecule has 2 aromatic rings. The summed E-state index contributed by atoms with van der Waals surface area (Å²) in [5.74, 6) is 0.0806. The number of aryl methyl sites for hydroxylation is 2. The van der Waals surface area contributed by atoms with E-state index in [1.807, 2.05) is 30.0 Å². The van der Waals surface area contributed by atoms with Crippen LogP contribution in [-0.4, -0.2) is 63.2 Å². The Morgan fingerprint density at radius 3 is 2.56 bits per heavy atom. The lowest BCUT2D eigenvalue weighted by molar-refractivity contribution is -0.145. The van der Waals surface area contributed by atoms with Gasteiger partial charge in [-0.2, -0.15) is 0 Å². The number of amidine groups is 1. The quantitative estimate of drug-likeness (QED) is 0.409. The molecule has 1 unspecified atom stereocenters.